The Bertz CT molecular complexity index is 1610. The number of likely N-dealkylation sites (tertiary alicyclic amines) is 2. The fourth-order valence-electron chi connectivity index (χ4n) is 6.35. The van der Waals surface area contributed by atoms with Crippen LogP contribution in [0.4, 0.5) is 0 Å². The van der Waals surface area contributed by atoms with E-state index >= 15 is 0 Å². The van der Waals surface area contributed by atoms with Crippen LogP contribution in [-0.4, -0.2) is 126 Å². The maximum absolute atomic E-state index is 14.1. The standard InChI is InChI=1S/C36H49N9O8/c37-14-15-39-30(47)20-40-31(48)21-41-32(49)22-42-33(50)28-8-4-17-45(28)36(53)27(19-23-6-2-1-3-7-23)43-34(51)29-9-5-16-44(29)35(52)26(38)18-24-10-12-25(46)13-11-24/h1-3,6-7,10-13,26-29,46H,4-5,8-9,14-22,37-38H2,(H,39,47)(H,40,48)(H,41,49)(H,42,50)(H,43,51)/t26-,27-,28-,29-/m0/s1. The molecule has 7 amide bonds. The van der Waals surface area contributed by atoms with E-state index in [4.69, 9.17) is 11.5 Å². The lowest BCUT2D eigenvalue weighted by molar-refractivity contribution is -0.143. The monoisotopic (exact) mass is 735 g/mol. The number of phenolic OH excluding ortho intramolecular Hbond substituents is 1. The Hall–Kier alpha value is -5.55. The molecule has 2 fully saturated rings. The third-order valence-electron chi connectivity index (χ3n) is 9.07. The average molecular weight is 736 g/mol. The smallest absolute Gasteiger partial charge is 0.246 e. The quantitative estimate of drug-likeness (QED) is 0.0840. The van der Waals surface area contributed by atoms with Crippen molar-refractivity contribution in [1.82, 2.24) is 36.4 Å². The Morgan fingerprint density at radius 1 is 0.679 bits per heavy atom. The van der Waals surface area contributed by atoms with Gasteiger partial charge in [-0.1, -0.05) is 42.5 Å². The first-order valence-corrected chi connectivity index (χ1v) is 17.7. The van der Waals surface area contributed by atoms with E-state index in [1.807, 2.05) is 30.3 Å². The molecule has 10 N–H and O–H groups in total. The summed E-state index contributed by atoms with van der Waals surface area (Å²) in [7, 11) is 0. The van der Waals surface area contributed by atoms with Crippen molar-refractivity contribution in [1.29, 1.82) is 0 Å². The molecule has 0 bridgehead atoms. The van der Waals surface area contributed by atoms with E-state index in [9.17, 15) is 38.7 Å². The van der Waals surface area contributed by atoms with E-state index in [0.29, 0.717) is 32.2 Å². The van der Waals surface area contributed by atoms with Gasteiger partial charge >= 0.3 is 0 Å². The number of carbonyl (C=O) groups excluding carboxylic acids is 7. The maximum Gasteiger partial charge on any atom is 0.246 e. The van der Waals surface area contributed by atoms with Gasteiger partial charge in [-0.05, 0) is 55.4 Å². The topological polar surface area (TPSA) is 258 Å². The maximum atomic E-state index is 14.1. The summed E-state index contributed by atoms with van der Waals surface area (Å²) < 4.78 is 0. The predicted octanol–water partition coefficient (Wildman–Crippen LogP) is -2.60. The number of phenols is 1. The number of amides is 7. The molecular formula is C36H49N9O8. The summed E-state index contributed by atoms with van der Waals surface area (Å²) in [6, 6.07) is 11.8. The first kappa shape index (κ1) is 40.2. The summed E-state index contributed by atoms with van der Waals surface area (Å²) in [5.41, 5.74) is 13.1. The third-order valence-corrected chi connectivity index (χ3v) is 9.07. The second-order valence-electron chi connectivity index (χ2n) is 13.0. The number of aromatic hydroxyl groups is 1. The minimum atomic E-state index is -1.05. The molecular weight excluding hydrogens is 686 g/mol. The number of rotatable bonds is 17. The van der Waals surface area contributed by atoms with Gasteiger partial charge < -0.3 is 53.0 Å². The highest BCUT2D eigenvalue weighted by molar-refractivity contribution is 5.96. The second kappa shape index (κ2) is 19.9. The first-order chi connectivity index (χ1) is 25.5. The van der Waals surface area contributed by atoms with Crippen molar-refractivity contribution in [2.24, 2.45) is 11.5 Å². The Labute approximate surface area is 307 Å². The van der Waals surface area contributed by atoms with Crippen LogP contribution < -0.4 is 38.1 Å². The Morgan fingerprint density at radius 2 is 1.21 bits per heavy atom. The van der Waals surface area contributed by atoms with Crippen LogP contribution in [0.2, 0.25) is 0 Å². The zero-order valence-electron chi connectivity index (χ0n) is 29.6. The van der Waals surface area contributed by atoms with E-state index in [2.05, 4.69) is 26.6 Å². The number of hydrogen-bond acceptors (Lipinski definition) is 10. The van der Waals surface area contributed by atoms with Crippen LogP contribution >= 0.6 is 0 Å². The molecule has 53 heavy (non-hydrogen) atoms. The van der Waals surface area contributed by atoms with Gasteiger partial charge in [0.2, 0.25) is 41.4 Å². The normalized spacial score (nSPS) is 17.7. The van der Waals surface area contributed by atoms with E-state index in [1.165, 1.54) is 21.9 Å². The summed E-state index contributed by atoms with van der Waals surface area (Å²) in [4.78, 5) is 93.4. The lowest BCUT2D eigenvalue weighted by Gasteiger charge is -2.31. The van der Waals surface area contributed by atoms with E-state index in [0.717, 1.165) is 11.1 Å². The van der Waals surface area contributed by atoms with Crippen LogP contribution in [0.25, 0.3) is 0 Å². The molecule has 2 aromatic rings. The first-order valence-electron chi connectivity index (χ1n) is 17.7. The van der Waals surface area contributed by atoms with Crippen LogP contribution in [-0.2, 0) is 46.4 Å². The third kappa shape index (κ3) is 12.0. The van der Waals surface area contributed by atoms with Gasteiger partial charge in [-0.3, -0.25) is 33.6 Å². The predicted molar refractivity (Wildman–Crippen MR) is 192 cm³/mol. The number of nitrogens with zero attached hydrogens (tertiary/aromatic N) is 2. The lowest BCUT2D eigenvalue weighted by Crippen LogP contribution is -2.58. The van der Waals surface area contributed by atoms with Crippen molar-refractivity contribution in [3.05, 3.63) is 65.7 Å². The van der Waals surface area contributed by atoms with Gasteiger partial charge in [-0.2, -0.15) is 0 Å². The van der Waals surface area contributed by atoms with Crippen molar-refractivity contribution >= 4 is 41.4 Å². The summed E-state index contributed by atoms with van der Waals surface area (Å²) >= 11 is 0. The molecule has 2 aromatic carbocycles. The fraction of sp³-hybridized carbons (Fsp3) is 0.472. The van der Waals surface area contributed by atoms with Gasteiger partial charge in [0.1, 0.15) is 23.9 Å². The summed E-state index contributed by atoms with van der Waals surface area (Å²) in [6.45, 7) is -0.0495. The second-order valence-corrected chi connectivity index (χ2v) is 13.0. The molecule has 0 aliphatic carbocycles. The highest BCUT2D eigenvalue weighted by Crippen LogP contribution is 2.22. The summed E-state index contributed by atoms with van der Waals surface area (Å²) in [5, 5.41) is 22.2. The molecule has 2 saturated heterocycles. The van der Waals surface area contributed by atoms with Crippen LogP contribution in [0.3, 0.4) is 0 Å². The molecule has 0 unspecified atom stereocenters. The van der Waals surface area contributed by atoms with Crippen LogP contribution in [0.15, 0.2) is 54.6 Å². The van der Waals surface area contributed by atoms with E-state index in [1.54, 1.807) is 12.1 Å². The highest BCUT2D eigenvalue weighted by Gasteiger charge is 2.41. The van der Waals surface area contributed by atoms with Crippen LogP contribution in [0.5, 0.6) is 5.75 Å². The lowest BCUT2D eigenvalue weighted by atomic mass is 10.0. The SMILES string of the molecule is NCCNC(=O)CNC(=O)CNC(=O)CNC(=O)[C@@H]1CCCN1C(=O)[C@H](Cc1ccccc1)NC(=O)[C@@H]1CCCN1C(=O)[C@@H](N)Cc1ccc(O)cc1. The molecule has 17 heteroatoms. The largest absolute Gasteiger partial charge is 0.508 e. The minimum Gasteiger partial charge on any atom is -0.508 e. The van der Waals surface area contributed by atoms with Gasteiger partial charge in [0, 0.05) is 32.6 Å². The minimum absolute atomic E-state index is 0.0934. The molecule has 0 aromatic heterocycles. The molecule has 17 nitrogen and oxygen atoms in total. The summed E-state index contributed by atoms with van der Waals surface area (Å²) in [6.07, 6.45) is 2.17. The average Bonchev–Trinajstić information content (AvgIpc) is 3.86. The molecule has 2 heterocycles. The molecule has 4 atom stereocenters. The van der Waals surface area contributed by atoms with Crippen molar-refractivity contribution in [2.75, 3.05) is 45.8 Å². The molecule has 0 saturated carbocycles. The molecule has 2 aliphatic heterocycles. The van der Waals surface area contributed by atoms with Gasteiger partial charge in [-0.25, -0.2) is 0 Å². The highest BCUT2D eigenvalue weighted by atomic mass is 16.3. The van der Waals surface area contributed by atoms with Crippen molar-refractivity contribution in [2.45, 2.75) is 62.7 Å². The number of nitrogens with one attached hydrogen (secondary N) is 5. The van der Waals surface area contributed by atoms with Gasteiger partial charge in [0.25, 0.3) is 0 Å². The molecule has 4 rings (SSSR count). The van der Waals surface area contributed by atoms with Crippen molar-refractivity contribution in [3.63, 3.8) is 0 Å². The number of nitrogens with two attached hydrogens (primary N) is 2. The number of benzene rings is 2. The van der Waals surface area contributed by atoms with Crippen molar-refractivity contribution < 1.29 is 38.7 Å². The van der Waals surface area contributed by atoms with Crippen LogP contribution in [0.1, 0.15) is 36.8 Å². The molecule has 2 aliphatic rings. The van der Waals surface area contributed by atoms with Crippen molar-refractivity contribution in [3.8, 4) is 5.75 Å². The van der Waals surface area contributed by atoms with Crippen LogP contribution in [0, 0.1) is 0 Å². The zero-order chi connectivity index (χ0) is 38.3. The van der Waals surface area contributed by atoms with Gasteiger partial charge in [-0.15, -0.1) is 0 Å². The van der Waals surface area contributed by atoms with Gasteiger partial charge in [0.05, 0.1) is 25.7 Å². The molecule has 0 spiro atoms. The van der Waals surface area contributed by atoms with E-state index < -0.39 is 78.6 Å². The summed E-state index contributed by atoms with van der Waals surface area (Å²) in [5.74, 6) is -3.52. The Balaban J connectivity index is 1.35. The number of hydrogen-bond donors (Lipinski definition) is 8. The Morgan fingerprint density at radius 3 is 1.81 bits per heavy atom. The van der Waals surface area contributed by atoms with Gasteiger partial charge in [0.15, 0.2) is 0 Å². The fourth-order valence-corrected chi connectivity index (χ4v) is 6.35. The number of carbonyl (C=O) groups is 7. The van der Waals surface area contributed by atoms with E-state index in [-0.39, 0.29) is 44.8 Å². The zero-order valence-corrected chi connectivity index (χ0v) is 29.6. The molecule has 286 valence electrons. The molecule has 0 radical (unpaired) electrons. The Kier molecular flexibility index (Phi) is 15.1.